The molecule has 98 valence electrons. The van der Waals surface area contributed by atoms with Gasteiger partial charge in [-0.1, -0.05) is 23.7 Å². The van der Waals surface area contributed by atoms with Crippen LogP contribution in [-0.4, -0.2) is 18.1 Å². The zero-order valence-corrected chi connectivity index (χ0v) is 10.8. The molecule has 2 aliphatic carbocycles. The molecule has 1 saturated carbocycles. The fourth-order valence-electron chi connectivity index (χ4n) is 4.19. The summed E-state index contributed by atoms with van der Waals surface area (Å²) in [6, 6.07) is -0.0916. The second kappa shape index (κ2) is 4.18. The minimum Gasteiger partial charge on any atom is -0.462 e. The van der Waals surface area contributed by atoms with E-state index in [0.29, 0.717) is 17.8 Å². The fourth-order valence-corrected chi connectivity index (χ4v) is 4.19. The van der Waals surface area contributed by atoms with Gasteiger partial charge in [0.2, 0.25) is 0 Å². The number of hydrogen-bond donors (Lipinski definition) is 0. The monoisotopic (exact) mass is 249 g/mol. The summed E-state index contributed by atoms with van der Waals surface area (Å²) in [7, 11) is 0. The van der Waals surface area contributed by atoms with Crippen LogP contribution in [0.3, 0.4) is 0 Å². The highest BCUT2D eigenvalue weighted by molar-refractivity contribution is 5.78. The standard InChI is InChI=1S/C14H19NO3/c1-7-11-4-3-10(15-17)5-9(11)6-12-13(7)8(2)18-14(12)16/h6-8,10-13H,3-5H2,1-2H3/t7-,8+,10+,11-,12+,13+/m1/s1. The van der Waals surface area contributed by atoms with Crippen LogP contribution in [0.4, 0.5) is 0 Å². The summed E-state index contributed by atoms with van der Waals surface area (Å²) in [6.45, 7) is 4.22. The SMILES string of the molecule is C[C@H]1[C@H]2[C@H](C)OC(=O)[C@H]2C=C2C[C@@H](N=O)CC[C@@H]21. The number of carbonyl (C=O) groups excluding carboxylic acids is 1. The Kier molecular flexibility index (Phi) is 2.76. The van der Waals surface area contributed by atoms with E-state index >= 15 is 0 Å². The third-order valence-electron chi connectivity index (χ3n) is 5.07. The van der Waals surface area contributed by atoms with E-state index in [1.807, 2.05) is 6.92 Å². The van der Waals surface area contributed by atoms with Gasteiger partial charge in [0.15, 0.2) is 0 Å². The van der Waals surface area contributed by atoms with Crippen molar-refractivity contribution in [1.29, 1.82) is 0 Å². The minimum atomic E-state index is -0.0916. The number of nitrogens with zero attached hydrogens (tertiary/aromatic N) is 1. The molecular weight excluding hydrogens is 230 g/mol. The van der Waals surface area contributed by atoms with Gasteiger partial charge >= 0.3 is 5.97 Å². The molecule has 0 radical (unpaired) electrons. The molecule has 4 heteroatoms. The summed E-state index contributed by atoms with van der Waals surface area (Å²) < 4.78 is 5.37. The first-order chi connectivity index (χ1) is 8.61. The van der Waals surface area contributed by atoms with Crippen LogP contribution in [0.15, 0.2) is 16.8 Å². The Hall–Kier alpha value is -1.19. The number of cyclic esters (lactones) is 1. The van der Waals surface area contributed by atoms with Gasteiger partial charge in [-0.3, -0.25) is 4.79 Å². The minimum absolute atomic E-state index is 0.0252. The van der Waals surface area contributed by atoms with Crippen LogP contribution in [0.5, 0.6) is 0 Å². The predicted molar refractivity (Wildman–Crippen MR) is 66.7 cm³/mol. The molecule has 4 nitrogen and oxygen atoms in total. The largest absolute Gasteiger partial charge is 0.462 e. The van der Waals surface area contributed by atoms with Crippen LogP contribution in [0.2, 0.25) is 0 Å². The molecule has 0 spiro atoms. The van der Waals surface area contributed by atoms with Crippen LogP contribution < -0.4 is 0 Å². The van der Waals surface area contributed by atoms with Gasteiger partial charge in [0.1, 0.15) is 6.10 Å². The van der Waals surface area contributed by atoms with E-state index in [9.17, 15) is 9.70 Å². The Bertz CT molecular complexity index is 417. The Morgan fingerprint density at radius 3 is 2.83 bits per heavy atom. The second-order valence-corrected chi connectivity index (χ2v) is 5.99. The third kappa shape index (κ3) is 1.62. The Morgan fingerprint density at radius 1 is 1.33 bits per heavy atom. The smallest absolute Gasteiger partial charge is 0.313 e. The number of carbonyl (C=O) groups is 1. The van der Waals surface area contributed by atoms with Gasteiger partial charge in [0.25, 0.3) is 0 Å². The second-order valence-electron chi connectivity index (χ2n) is 5.99. The molecule has 0 unspecified atom stereocenters. The van der Waals surface area contributed by atoms with Gasteiger partial charge in [-0.2, -0.15) is 4.91 Å². The molecule has 3 aliphatic rings. The lowest BCUT2D eigenvalue weighted by atomic mass is 9.63. The van der Waals surface area contributed by atoms with Crippen molar-refractivity contribution < 1.29 is 9.53 Å². The molecule has 2 fully saturated rings. The summed E-state index contributed by atoms with van der Waals surface area (Å²) in [5, 5.41) is 3.18. The number of rotatable bonds is 1. The Balaban J connectivity index is 1.92. The highest BCUT2D eigenvalue weighted by Crippen LogP contribution is 2.49. The van der Waals surface area contributed by atoms with E-state index in [1.54, 1.807) is 0 Å². The molecular formula is C14H19NO3. The molecule has 1 saturated heterocycles. The highest BCUT2D eigenvalue weighted by Gasteiger charge is 2.50. The summed E-state index contributed by atoms with van der Waals surface area (Å²) in [4.78, 5) is 22.5. The topological polar surface area (TPSA) is 55.7 Å². The zero-order valence-electron chi connectivity index (χ0n) is 10.8. The maximum atomic E-state index is 11.8. The van der Waals surface area contributed by atoms with Gasteiger partial charge in [-0.15, -0.1) is 0 Å². The van der Waals surface area contributed by atoms with E-state index in [4.69, 9.17) is 4.74 Å². The number of fused-ring (bicyclic) bond motifs is 2. The van der Waals surface area contributed by atoms with Crippen molar-refractivity contribution in [2.24, 2.45) is 28.8 Å². The van der Waals surface area contributed by atoms with Crippen molar-refractivity contribution in [2.75, 3.05) is 0 Å². The Morgan fingerprint density at radius 2 is 2.11 bits per heavy atom. The Labute approximate surface area is 107 Å². The maximum Gasteiger partial charge on any atom is 0.313 e. The van der Waals surface area contributed by atoms with E-state index in [0.717, 1.165) is 19.3 Å². The first kappa shape index (κ1) is 11.9. The normalized spacial score (nSPS) is 46.8. The molecule has 0 N–H and O–H groups in total. The number of esters is 1. The van der Waals surface area contributed by atoms with Crippen LogP contribution in [-0.2, 0) is 9.53 Å². The van der Waals surface area contributed by atoms with Crippen molar-refractivity contribution in [2.45, 2.75) is 45.3 Å². The quantitative estimate of drug-likeness (QED) is 0.408. The molecule has 0 aromatic rings. The lowest BCUT2D eigenvalue weighted by Gasteiger charge is -2.40. The number of nitroso groups, excluding NO2 is 1. The van der Waals surface area contributed by atoms with Crippen LogP contribution in [0, 0.1) is 28.6 Å². The van der Waals surface area contributed by atoms with E-state index < -0.39 is 0 Å². The third-order valence-corrected chi connectivity index (χ3v) is 5.07. The van der Waals surface area contributed by atoms with Crippen molar-refractivity contribution in [1.82, 2.24) is 0 Å². The first-order valence-electron chi connectivity index (χ1n) is 6.85. The van der Waals surface area contributed by atoms with Gasteiger partial charge < -0.3 is 4.74 Å². The maximum absolute atomic E-state index is 11.8. The van der Waals surface area contributed by atoms with Gasteiger partial charge in [-0.25, -0.2) is 0 Å². The molecule has 6 atom stereocenters. The molecule has 0 aromatic heterocycles. The van der Waals surface area contributed by atoms with Crippen molar-refractivity contribution in [3.05, 3.63) is 16.6 Å². The van der Waals surface area contributed by atoms with Crippen molar-refractivity contribution in [3.8, 4) is 0 Å². The molecule has 0 amide bonds. The van der Waals surface area contributed by atoms with Crippen molar-refractivity contribution >= 4 is 5.97 Å². The predicted octanol–water partition coefficient (Wildman–Crippen LogP) is 2.68. The number of hydrogen-bond acceptors (Lipinski definition) is 4. The summed E-state index contributed by atoms with van der Waals surface area (Å²) in [6.07, 6.45) is 4.75. The average molecular weight is 249 g/mol. The van der Waals surface area contributed by atoms with Crippen LogP contribution in [0.25, 0.3) is 0 Å². The molecule has 18 heavy (non-hydrogen) atoms. The van der Waals surface area contributed by atoms with Gasteiger partial charge in [-0.05, 0) is 38.0 Å². The van der Waals surface area contributed by atoms with Crippen LogP contribution in [0.1, 0.15) is 33.1 Å². The molecule has 0 bridgehead atoms. The van der Waals surface area contributed by atoms with Gasteiger partial charge in [0, 0.05) is 5.92 Å². The zero-order chi connectivity index (χ0) is 12.9. The molecule has 3 rings (SSSR count). The van der Waals surface area contributed by atoms with Crippen LogP contribution >= 0.6 is 0 Å². The van der Waals surface area contributed by atoms with E-state index in [2.05, 4.69) is 18.2 Å². The highest BCUT2D eigenvalue weighted by atomic mass is 16.6. The summed E-state index contributed by atoms with van der Waals surface area (Å²) >= 11 is 0. The first-order valence-corrected chi connectivity index (χ1v) is 6.85. The average Bonchev–Trinajstić information content (AvgIpc) is 2.64. The van der Waals surface area contributed by atoms with E-state index in [1.165, 1.54) is 5.57 Å². The van der Waals surface area contributed by atoms with Gasteiger partial charge in [0.05, 0.1) is 12.0 Å². The fraction of sp³-hybridized carbons (Fsp3) is 0.786. The summed E-state index contributed by atoms with van der Waals surface area (Å²) in [5.74, 6) is 1.11. The van der Waals surface area contributed by atoms with E-state index in [-0.39, 0.29) is 24.0 Å². The molecule has 1 heterocycles. The molecule has 0 aromatic carbocycles. The van der Waals surface area contributed by atoms with Crippen molar-refractivity contribution in [3.63, 3.8) is 0 Å². The molecule has 1 aliphatic heterocycles. The lowest BCUT2D eigenvalue weighted by molar-refractivity contribution is -0.142. The summed E-state index contributed by atoms with van der Waals surface area (Å²) in [5.41, 5.74) is 1.27. The lowest BCUT2D eigenvalue weighted by Crippen LogP contribution is -2.38. The number of ether oxygens (including phenoxy) is 1.